The smallest absolute Gasteiger partial charge is 0.312 e. The molecule has 10 heteroatoms. The number of rotatable bonds is 4. The van der Waals surface area contributed by atoms with Crippen LogP contribution < -0.4 is 0 Å². The maximum Gasteiger partial charge on any atom is 0.312 e. The van der Waals surface area contributed by atoms with Crippen molar-refractivity contribution >= 4 is 51.9 Å². The van der Waals surface area contributed by atoms with Gasteiger partial charge in [-0.05, 0) is 36.4 Å². The second-order valence-corrected chi connectivity index (χ2v) is 7.08. The molecule has 0 saturated carbocycles. The number of phenols is 2. The van der Waals surface area contributed by atoms with Crippen molar-refractivity contribution in [3.63, 3.8) is 0 Å². The Balaban J connectivity index is 1.66. The zero-order valence-electron chi connectivity index (χ0n) is 14.9. The number of nitro benzene ring substituents is 1. The number of nitro groups is 1. The molecule has 0 amide bonds. The highest BCUT2D eigenvalue weighted by Gasteiger charge is 2.18. The van der Waals surface area contributed by atoms with E-state index in [9.17, 15) is 20.3 Å². The van der Waals surface area contributed by atoms with Crippen LogP contribution in [-0.4, -0.2) is 26.3 Å². The number of halogens is 2. The number of aromatic hydroxyl groups is 2. The third kappa shape index (κ3) is 3.78. The molecule has 150 valence electrons. The minimum Gasteiger partial charge on any atom is -0.507 e. The van der Waals surface area contributed by atoms with Crippen LogP contribution in [-0.2, 0) is 0 Å². The molecule has 0 saturated heterocycles. The Hall–Kier alpha value is -3.62. The third-order valence-corrected chi connectivity index (χ3v) is 4.65. The van der Waals surface area contributed by atoms with Crippen LogP contribution >= 0.6 is 23.2 Å². The lowest BCUT2D eigenvalue weighted by Gasteiger charge is -2.03. The summed E-state index contributed by atoms with van der Waals surface area (Å²) in [7, 11) is 0. The Morgan fingerprint density at radius 3 is 2.60 bits per heavy atom. The van der Waals surface area contributed by atoms with Crippen LogP contribution in [0.1, 0.15) is 5.56 Å². The molecule has 1 heterocycles. The molecule has 0 fully saturated rings. The van der Waals surface area contributed by atoms with Crippen LogP contribution in [0.2, 0.25) is 10.0 Å². The first-order valence-corrected chi connectivity index (χ1v) is 9.18. The number of nitrogens with zero attached hydrogens (tertiary/aromatic N) is 3. The average Bonchev–Trinajstić information content (AvgIpc) is 3.10. The van der Waals surface area contributed by atoms with Crippen molar-refractivity contribution in [3.05, 3.63) is 74.3 Å². The molecule has 8 nitrogen and oxygen atoms in total. The number of aromatic nitrogens is 1. The molecule has 0 bridgehead atoms. The lowest BCUT2D eigenvalue weighted by atomic mass is 10.1. The summed E-state index contributed by atoms with van der Waals surface area (Å²) in [4.78, 5) is 18.7. The summed E-state index contributed by atoms with van der Waals surface area (Å²) in [5.41, 5.74) is 1.29. The van der Waals surface area contributed by atoms with Crippen molar-refractivity contribution in [2.75, 3.05) is 0 Å². The van der Waals surface area contributed by atoms with E-state index in [1.165, 1.54) is 18.3 Å². The first-order chi connectivity index (χ1) is 14.3. The lowest BCUT2D eigenvalue weighted by molar-refractivity contribution is -0.385. The maximum absolute atomic E-state index is 11.0. The fraction of sp³-hybridized carbons (Fsp3) is 0. The van der Waals surface area contributed by atoms with Gasteiger partial charge in [-0.3, -0.25) is 15.1 Å². The van der Waals surface area contributed by atoms with Crippen LogP contribution in [0.5, 0.6) is 11.5 Å². The predicted octanol–water partition coefficient (Wildman–Crippen LogP) is 5.87. The van der Waals surface area contributed by atoms with Crippen LogP contribution in [0.4, 0.5) is 11.4 Å². The Labute approximate surface area is 178 Å². The molecule has 0 aliphatic rings. The van der Waals surface area contributed by atoms with Gasteiger partial charge >= 0.3 is 5.69 Å². The average molecular weight is 444 g/mol. The van der Waals surface area contributed by atoms with E-state index in [0.717, 1.165) is 6.07 Å². The number of hydrogen-bond acceptors (Lipinski definition) is 7. The van der Waals surface area contributed by atoms with Crippen LogP contribution in [0, 0.1) is 10.1 Å². The van der Waals surface area contributed by atoms with Crippen molar-refractivity contribution in [2.24, 2.45) is 4.99 Å². The minimum atomic E-state index is -0.743. The van der Waals surface area contributed by atoms with Gasteiger partial charge in [-0.15, -0.1) is 0 Å². The molecule has 3 aromatic carbocycles. The summed E-state index contributed by atoms with van der Waals surface area (Å²) in [5, 5.41) is 32.0. The van der Waals surface area contributed by atoms with E-state index in [0.29, 0.717) is 27.4 Å². The van der Waals surface area contributed by atoms with Gasteiger partial charge in [0, 0.05) is 34.0 Å². The van der Waals surface area contributed by atoms with Crippen molar-refractivity contribution in [1.29, 1.82) is 0 Å². The normalized spacial score (nSPS) is 11.4. The second kappa shape index (κ2) is 7.66. The fourth-order valence-corrected chi connectivity index (χ4v) is 3.17. The van der Waals surface area contributed by atoms with Crippen molar-refractivity contribution in [2.45, 2.75) is 0 Å². The Morgan fingerprint density at radius 1 is 1.07 bits per heavy atom. The van der Waals surface area contributed by atoms with Gasteiger partial charge < -0.3 is 14.6 Å². The molecule has 30 heavy (non-hydrogen) atoms. The molecule has 0 radical (unpaired) electrons. The summed E-state index contributed by atoms with van der Waals surface area (Å²) in [5.74, 6) is -0.480. The molecule has 4 rings (SSSR count). The predicted molar refractivity (Wildman–Crippen MR) is 113 cm³/mol. The number of phenolic OH excluding ortho intramolecular Hbond substituents is 2. The quantitative estimate of drug-likeness (QED) is 0.231. The maximum atomic E-state index is 11.0. The molecule has 0 aliphatic carbocycles. The molecule has 0 atom stereocenters. The van der Waals surface area contributed by atoms with Crippen LogP contribution in [0.15, 0.2) is 57.9 Å². The Bertz CT molecular complexity index is 1330. The summed E-state index contributed by atoms with van der Waals surface area (Å²) in [6, 6.07) is 11.9. The Kier molecular flexibility index (Phi) is 5.03. The molecule has 0 spiro atoms. The third-order valence-electron chi connectivity index (χ3n) is 4.19. The monoisotopic (exact) mass is 443 g/mol. The molecule has 0 aliphatic heterocycles. The molecular weight excluding hydrogens is 433 g/mol. The topological polar surface area (TPSA) is 122 Å². The minimum absolute atomic E-state index is 0.0635. The van der Waals surface area contributed by atoms with E-state index in [2.05, 4.69) is 9.98 Å². The number of benzene rings is 3. The fourth-order valence-electron chi connectivity index (χ4n) is 2.78. The number of oxazole rings is 1. The van der Waals surface area contributed by atoms with E-state index < -0.39 is 16.4 Å². The van der Waals surface area contributed by atoms with E-state index in [1.54, 1.807) is 30.3 Å². The highest BCUT2D eigenvalue weighted by Crippen LogP contribution is 2.35. The van der Waals surface area contributed by atoms with Crippen LogP contribution in [0.25, 0.3) is 22.6 Å². The standard InChI is InChI=1S/C20H11Cl2N3O5/c21-11-1-4-18-15(6-11)24-20(30-18)14-3-2-13(8-17(14)26)23-9-10-5-12(22)7-16(19(10)27)25(28)29/h1-9,26-27H. The van der Waals surface area contributed by atoms with Crippen LogP contribution in [0.3, 0.4) is 0 Å². The zero-order valence-corrected chi connectivity index (χ0v) is 16.4. The van der Waals surface area contributed by atoms with Gasteiger partial charge in [-0.25, -0.2) is 4.98 Å². The van der Waals surface area contributed by atoms with Gasteiger partial charge in [-0.2, -0.15) is 0 Å². The van der Waals surface area contributed by atoms with Gasteiger partial charge in [0.05, 0.1) is 16.2 Å². The highest BCUT2D eigenvalue weighted by molar-refractivity contribution is 6.31. The first-order valence-electron chi connectivity index (χ1n) is 8.42. The van der Waals surface area contributed by atoms with Gasteiger partial charge in [0.1, 0.15) is 11.3 Å². The number of hydrogen-bond donors (Lipinski definition) is 2. The second-order valence-electron chi connectivity index (χ2n) is 6.21. The summed E-state index contributed by atoms with van der Waals surface area (Å²) in [6.45, 7) is 0. The number of aliphatic imine (C=N–C) groups is 1. The van der Waals surface area contributed by atoms with Gasteiger partial charge in [0.2, 0.25) is 11.6 Å². The van der Waals surface area contributed by atoms with E-state index >= 15 is 0 Å². The van der Waals surface area contributed by atoms with Gasteiger partial charge in [0.25, 0.3) is 0 Å². The van der Waals surface area contributed by atoms with Crippen molar-refractivity contribution in [3.8, 4) is 23.0 Å². The largest absolute Gasteiger partial charge is 0.507 e. The number of fused-ring (bicyclic) bond motifs is 1. The Morgan fingerprint density at radius 2 is 1.87 bits per heavy atom. The summed E-state index contributed by atoms with van der Waals surface area (Å²) < 4.78 is 5.64. The highest BCUT2D eigenvalue weighted by atomic mass is 35.5. The first kappa shape index (κ1) is 19.7. The zero-order chi connectivity index (χ0) is 21.4. The van der Waals surface area contributed by atoms with E-state index in [-0.39, 0.29) is 22.2 Å². The van der Waals surface area contributed by atoms with E-state index in [4.69, 9.17) is 27.6 Å². The van der Waals surface area contributed by atoms with E-state index in [1.807, 2.05) is 0 Å². The molecule has 4 aromatic rings. The summed E-state index contributed by atoms with van der Waals surface area (Å²) in [6.07, 6.45) is 1.21. The molecule has 2 N–H and O–H groups in total. The lowest BCUT2D eigenvalue weighted by Crippen LogP contribution is -1.92. The molecule has 0 unspecified atom stereocenters. The van der Waals surface area contributed by atoms with Gasteiger partial charge in [0.15, 0.2) is 5.58 Å². The molecular formula is C20H11Cl2N3O5. The van der Waals surface area contributed by atoms with Crippen molar-refractivity contribution < 1.29 is 19.6 Å². The van der Waals surface area contributed by atoms with Gasteiger partial charge in [-0.1, -0.05) is 23.2 Å². The van der Waals surface area contributed by atoms with Crippen molar-refractivity contribution in [1.82, 2.24) is 4.98 Å². The molecule has 1 aromatic heterocycles. The SMILES string of the molecule is O=[N+]([O-])c1cc(Cl)cc(C=Nc2ccc(-c3nc4cc(Cl)ccc4o3)c(O)c2)c1O. The summed E-state index contributed by atoms with van der Waals surface area (Å²) >= 11 is 11.8.